The summed E-state index contributed by atoms with van der Waals surface area (Å²) >= 11 is 5.98. The summed E-state index contributed by atoms with van der Waals surface area (Å²) < 4.78 is 5.78. The predicted molar refractivity (Wildman–Crippen MR) is 78.0 cm³/mol. The van der Waals surface area contributed by atoms with Gasteiger partial charge in [-0.3, -0.25) is 4.79 Å². The number of nitrogens with zero attached hydrogens (tertiary/aromatic N) is 1. The average Bonchev–Trinajstić information content (AvgIpc) is 2.89. The molecule has 2 unspecified atom stereocenters. The highest BCUT2D eigenvalue weighted by atomic mass is 35.5. The molecular formula is C15H19ClN2O2. The van der Waals surface area contributed by atoms with E-state index in [-0.39, 0.29) is 11.9 Å². The molecule has 20 heavy (non-hydrogen) atoms. The van der Waals surface area contributed by atoms with Crippen molar-refractivity contribution in [1.29, 1.82) is 0 Å². The molecule has 0 radical (unpaired) electrons. The summed E-state index contributed by atoms with van der Waals surface area (Å²) in [5.74, 6) is 0.835. The first-order valence-corrected chi connectivity index (χ1v) is 7.52. The number of likely N-dealkylation sites (tertiary alicyclic amines) is 1. The Bertz CT molecular complexity index is 521. The van der Waals surface area contributed by atoms with Crippen LogP contribution in [0, 0.1) is 0 Å². The summed E-state index contributed by atoms with van der Waals surface area (Å²) in [5, 5.41) is 0.679. The Morgan fingerprint density at radius 2 is 2.30 bits per heavy atom. The minimum Gasteiger partial charge on any atom is -0.480 e. The molecule has 0 aromatic heterocycles. The highest BCUT2D eigenvalue weighted by Crippen LogP contribution is 2.32. The van der Waals surface area contributed by atoms with Crippen molar-refractivity contribution in [2.24, 2.45) is 5.73 Å². The maximum absolute atomic E-state index is 12.6. The molecule has 2 N–H and O–H groups in total. The Hall–Kier alpha value is -1.26. The molecule has 1 aromatic carbocycles. The van der Waals surface area contributed by atoms with Gasteiger partial charge in [-0.1, -0.05) is 11.6 Å². The lowest BCUT2D eigenvalue weighted by atomic mass is 10.0. The standard InChI is InChI=1S/C15H19ClN2O2/c16-11-4-5-13-10(7-11)8-14(20-13)15(19)18-6-2-1-3-12(18)9-17/h4-5,7,12,14H,1-3,6,8-9,17H2. The first-order valence-electron chi connectivity index (χ1n) is 7.14. The summed E-state index contributed by atoms with van der Waals surface area (Å²) in [6.07, 6.45) is 3.37. The smallest absolute Gasteiger partial charge is 0.264 e. The molecular weight excluding hydrogens is 276 g/mol. The van der Waals surface area contributed by atoms with Crippen LogP contribution >= 0.6 is 11.6 Å². The van der Waals surface area contributed by atoms with Crippen LogP contribution in [0.4, 0.5) is 0 Å². The first-order chi connectivity index (χ1) is 9.69. The van der Waals surface area contributed by atoms with Crippen LogP contribution in [0.15, 0.2) is 18.2 Å². The fourth-order valence-electron chi connectivity index (χ4n) is 3.08. The molecule has 1 saturated heterocycles. The Balaban J connectivity index is 1.73. The first kappa shape index (κ1) is 13.7. The van der Waals surface area contributed by atoms with Gasteiger partial charge in [-0.15, -0.1) is 0 Å². The minimum atomic E-state index is -0.421. The molecule has 1 aromatic rings. The zero-order valence-corrected chi connectivity index (χ0v) is 12.1. The molecule has 108 valence electrons. The molecule has 2 aliphatic rings. The zero-order chi connectivity index (χ0) is 14.1. The Morgan fingerprint density at radius 3 is 3.10 bits per heavy atom. The van der Waals surface area contributed by atoms with Crippen molar-refractivity contribution in [3.05, 3.63) is 28.8 Å². The van der Waals surface area contributed by atoms with E-state index in [1.54, 1.807) is 6.07 Å². The van der Waals surface area contributed by atoms with Crippen molar-refractivity contribution < 1.29 is 9.53 Å². The van der Waals surface area contributed by atoms with Gasteiger partial charge in [-0.25, -0.2) is 0 Å². The number of fused-ring (bicyclic) bond motifs is 1. The van der Waals surface area contributed by atoms with Crippen molar-refractivity contribution in [2.45, 2.75) is 37.8 Å². The van der Waals surface area contributed by atoms with Crippen molar-refractivity contribution in [2.75, 3.05) is 13.1 Å². The number of benzene rings is 1. The van der Waals surface area contributed by atoms with Crippen LogP contribution in [-0.4, -0.2) is 36.0 Å². The van der Waals surface area contributed by atoms with Gasteiger partial charge in [-0.05, 0) is 43.0 Å². The molecule has 0 spiro atoms. The summed E-state index contributed by atoms with van der Waals surface area (Å²) in [5.41, 5.74) is 6.79. The van der Waals surface area contributed by atoms with E-state index < -0.39 is 6.10 Å². The molecule has 3 rings (SSSR count). The van der Waals surface area contributed by atoms with E-state index in [1.165, 1.54) is 0 Å². The molecule has 2 aliphatic heterocycles. The fourth-order valence-corrected chi connectivity index (χ4v) is 3.27. The van der Waals surface area contributed by atoms with E-state index in [9.17, 15) is 4.79 Å². The van der Waals surface area contributed by atoms with Crippen molar-refractivity contribution >= 4 is 17.5 Å². The number of carbonyl (C=O) groups excluding carboxylic acids is 1. The van der Waals surface area contributed by atoms with Crippen molar-refractivity contribution in [1.82, 2.24) is 4.90 Å². The molecule has 2 atom stereocenters. The molecule has 0 bridgehead atoms. The Kier molecular flexibility index (Phi) is 3.85. The Morgan fingerprint density at radius 1 is 1.45 bits per heavy atom. The van der Waals surface area contributed by atoms with E-state index in [2.05, 4.69) is 0 Å². The SMILES string of the molecule is NCC1CCCCN1C(=O)C1Cc2cc(Cl)ccc2O1. The summed E-state index contributed by atoms with van der Waals surface area (Å²) in [6.45, 7) is 1.31. The lowest BCUT2D eigenvalue weighted by Gasteiger charge is -2.36. The quantitative estimate of drug-likeness (QED) is 0.907. The predicted octanol–water partition coefficient (Wildman–Crippen LogP) is 1.98. The Labute approximate surface area is 123 Å². The number of nitrogens with two attached hydrogens (primary N) is 1. The number of hydrogen-bond donors (Lipinski definition) is 1. The number of amides is 1. The van der Waals surface area contributed by atoms with E-state index >= 15 is 0 Å². The van der Waals surface area contributed by atoms with Crippen LogP contribution < -0.4 is 10.5 Å². The molecule has 5 heteroatoms. The van der Waals surface area contributed by atoms with Gasteiger partial charge in [0.1, 0.15) is 5.75 Å². The second kappa shape index (κ2) is 5.62. The van der Waals surface area contributed by atoms with Crippen LogP contribution in [-0.2, 0) is 11.2 Å². The van der Waals surface area contributed by atoms with E-state index in [4.69, 9.17) is 22.1 Å². The van der Waals surface area contributed by atoms with Gasteiger partial charge in [0.05, 0.1) is 0 Å². The number of carbonyl (C=O) groups is 1. The van der Waals surface area contributed by atoms with Gasteiger partial charge in [0.25, 0.3) is 5.91 Å². The number of rotatable bonds is 2. The third-order valence-corrected chi connectivity index (χ3v) is 4.39. The van der Waals surface area contributed by atoms with Crippen molar-refractivity contribution in [3.63, 3.8) is 0 Å². The minimum absolute atomic E-state index is 0.0625. The largest absolute Gasteiger partial charge is 0.480 e. The van der Waals surface area contributed by atoms with Crippen LogP contribution in [0.2, 0.25) is 5.02 Å². The molecule has 1 amide bonds. The fraction of sp³-hybridized carbons (Fsp3) is 0.533. The molecule has 2 heterocycles. The zero-order valence-electron chi connectivity index (χ0n) is 11.3. The number of halogens is 1. The topological polar surface area (TPSA) is 55.6 Å². The highest BCUT2D eigenvalue weighted by Gasteiger charge is 2.35. The summed E-state index contributed by atoms with van der Waals surface area (Å²) in [7, 11) is 0. The van der Waals surface area contributed by atoms with Gasteiger partial charge >= 0.3 is 0 Å². The third-order valence-electron chi connectivity index (χ3n) is 4.15. The second-order valence-corrected chi connectivity index (χ2v) is 5.92. The van der Waals surface area contributed by atoms with Crippen LogP contribution in [0.25, 0.3) is 0 Å². The second-order valence-electron chi connectivity index (χ2n) is 5.48. The van der Waals surface area contributed by atoms with Crippen LogP contribution in [0.3, 0.4) is 0 Å². The highest BCUT2D eigenvalue weighted by molar-refractivity contribution is 6.30. The van der Waals surface area contributed by atoms with Crippen molar-refractivity contribution in [3.8, 4) is 5.75 Å². The lowest BCUT2D eigenvalue weighted by Crippen LogP contribution is -2.52. The number of piperidine rings is 1. The van der Waals surface area contributed by atoms with Gasteiger partial charge in [0.15, 0.2) is 6.10 Å². The van der Waals surface area contributed by atoms with Crippen LogP contribution in [0.1, 0.15) is 24.8 Å². The van der Waals surface area contributed by atoms with E-state index in [1.807, 2.05) is 17.0 Å². The normalized spacial score (nSPS) is 25.2. The molecule has 1 fully saturated rings. The number of ether oxygens (including phenoxy) is 1. The molecule has 0 saturated carbocycles. The van der Waals surface area contributed by atoms with E-state index in [0.29, 0.717) is 18.0 Å². The monoisotopic (exact) mass is 294 g/mol. The van der Waals surface area contributed by atoms with Gasteiger partial charge in [0.2, 0.25) is 0 Å². The average molecular weight is 295 g/mol. The van der Waals surface area contributed by atoms with Gasteiger partial charge in [0, 0.05) is 30.6 Å². The molecule has 4 nitrogen and oxygen atoms in total. The van der Waals surface area contributed by atoms with Gasteiger partial charge in [-0.2, -0.15) is 0 Å². The third kappa shape index (κ3) is 2.50. The lowest BCUT2D eigenvalue weighted by molar-refractivity contribution is -0.141. The maximum atomic E-state index is 12.6. The van der Waals surface area contributed by atoms with Gasteiger partial charge < -0.3 is 15.4 Å². The maximum Gasteiger partial charge on any atom is 0.264 e. The summed E-state index contributed by atoms with van der Waals surface area (Å²) in [4.78, 5) is 14.5. The summed E-state index contributed by atoms with van der Waals surface area (Å²) in [6, 6.07) is 5.66. The number of hydrogen-bond acceptors (Lipinski definition) is 3. The van der Waals surface area contributed by atoms with Crippen LogP contribution in [0.5, 0.6) is 5.75 Å². The molecule has 0 aliphatic carbocycles. The van der Waals surface area contributed by atoms with E-state index in [0.717, 1.165) is 37.1 Å².